The number of carbonyl (C=O) groups excluding carboxylic acids is 1. The van der Waals surface area contributed by atoms with Crippen molar-refractivity contribution in [2.24, 2.45) is 0 Å². The summed E-state index contributed by atoms with van der Waals surface area (Å²) in [6.45, 7) is 2.83. The minimum Gasteiger partial charge on any atom is -0.492 e. The molecular weight excluding hydrogens is 323 g/mol. The van der Waals surface area contributed by atoms with E-state index >= 15 is 0 Å². The number of hydrogen-bond acceptors (Lipinski definition) is 2. The zero-order chi connectivity index (χ0) is 15.9. The van der Waals surface area contributed by atoms with Gasteiger partial charge < -0.3 is 15.4 Å². The van der Waals surface area contributed by atoms with Gasteiger partial charge in [-0.2, -0.15) is 0 Å². The first-order chi connectivity index (χ1) is 10.6. The van der Waals surface area contributed by atoms with Crippen LogP contribution in [0.25, 0.3) is 0 Å². The second-order valence-corrected chi connectivity index (χ2v) is 5.36. The number of amides is 2. The van der Waals surface area contributed by atoms with Crippen LogP contribution in [0.4, 0.5) is 10.5 Å². The molecule has 0 saturated heterocycles. The van der Waals surface area contributed by atoms with Crippen molar-refractivity contribution in [1.29, 1.82) is 0 Å². The molecule has 0 heterocycles. The fourth-order valence-corrected chi connectivity index (χ4v) is 2.17. The lowest BCUT2D eigenvalue weighted by atomic mass is 10.2. The fourth-order valence-electron chi connectivity index (χ4n) is 1.81. The van der Waals surface area contributed by atoms with Crippen molar-refractivity contribution < 1.29 is 9.53 Å². The van der Waals surface area contributed by atoms with Crippen LogP contribution in [-0.2, 0) is 6.54 Å². The number of rotatable bonds is 5. The lowest BCUT2D eigenvalue weighted by molar-refractivity contribution is 0.251. The van der Waals surface area contributed by atoms with E-state index in [1.807, 2.05) is 19.1 Å². The van der Waals surface area contributed by atoms with Crippen molar-refractivity contribution in [2.45, 2.75) is 13.5 Å². The molecule has 0 saturated carbocycles. The quantitative estimate of drug-likeness (QED) is 0.829. The number of carbonyl (C=O) groups is 1. The summed E-state index contributed by atoms with van der Waals surface area (Å²) in [7, 11) is 0. The minimum absolute atomic E-state index is 0.310. The Labute approximate surface area is 139 Å². The highest BCUT2D eigenvalue weighted by Crippen LogP contribution is 2.27. The van der Waals surface area contributed by atoms with Crippen molar-refractivity contribution in [3.8, 4) is 5.75 Å². The number of ether oxygens (including phenoxy) is 1. The van der Waals surface area contributed by atoms with E-state index in [9.17, 15) is 4.79 Å². The highest BCUT2D eigenvalue weighted by atomic mass is 35.5. The highest BCUT2D eigenvalue weighted by molar-refractivity contribution is 6.32. The van der Waals surface area contributed by atoms with Crippen LogP contribution in [0.1, 0.15) is 12.5 Å². The Hall–Kier alpha value is -1.91. The maximum Gasteiger partial charge on any atom is 0.319 e. The van der Waals surface area contributed by atoms with E-state index in [0.717, 1.165) is 5.56 Å². The van der Waals surface area contributed by atoms with Crippen molar-refractivity contribution in [1.82, 2.24) is 5.32 Å². The van der Waals surface area contributed by atoms with Crippen LogP contribution in [0.3, 0.4) is 0 Å². The Morgan fingerprint density at radius 1 is 1.14 bits per heavy atom. The molecule has 22 heavy (non-hydrogen) atoms. The molecule has 0 aliphatic heterocycles. The molecule has 2 rings (SSSR count). The molecule has 2 N–H and O–H groups in total. The SMILES string of the molecule is CCOc1ccc(NC(=O)NCc2ccc(Cl)cc2)cc1Cl. The maximum absolute atomic E-state index is 11.9. The zero-order valence-electron chi connectivity index (χ0n) is 12.0. The summed E-state index contributed by atoms with van der Waals surface area (Å²) in [6, 6.07) is 12.1. The fraction of sp³-hybridized carbons (Fsp3) is 0.188. The van der Waals surface area contributed by atoms with Crippen molar-refractivity contribution in [2.75, 3.05) is 11.9 Å². The molecule has 0 aliphatic rings. The van der Waals surface area contributed by atoms with Crippen LogP contribution in [0, 0.1) is 0 Å². The Morgan fingerprint density at radius 3 is 2.50 bits per heavy atom. The van der Waals surface area contributed by atoms with Crippen LogP contribution in [0.2, 0.25) is 10.0 Å². The van der Waals surface area contributed by atoms with Gasteiger partial charge in [0, 0.05) is 17.3 Å². The van der Waals surface area contributed by atoms with Gasteiger partial charge in [-0.05, 0) is 42.8 Å². The topological polar surface area (TPSA) is 50.4 Å². The van der Waals surface area contributed by atoms with Gasteiger partial charge in [-0.3, -0.25) is 0 Å². The zero-order valence-corrected chi connectivity index (χ0v) is 13.5. The first kappa shape index (κ1) is 16.5. The molecule has 0 unspecified atom stereocenters. The molecular formula is C16H16Cl2N2O2. The van der Waals surface area contributed by atoms with E-state index in [-0.39, 0.29) is 6.03 Å². The smallest absolute Gasteiger partial charge is 0.319 e. The second kappa shape index (κ2) is 7.92. The van der Waals surface area contributed by atoms with E-state index in [4.69, 9.17) is 27.9 Å². The van der Waals surface area contributed by atoms with Gasteiger partial charge in [-0.25, -0.2) is 4.79 Å². The van der Waals surface area contributed by atoms with Crippen LogP contribution in [0.15, 0.2) is 42.5 Å². The highest BCUT2D eigenvalue weighted by Gasteiger charge is 2.06. The molecule has 4 nitrogen and oxygen atoms in total. The van der Waals surface area contributed by atoms with E-state index in [0.29, 0.717) is 34.6 Å². The summed E-state index contributed by atoms with van der Waals surface area (Å²) in [4.78, 5) is 11.9. The summed E-state index contributed by atoms with van der Waals surface area (Å²) in [5.74, 6) is 0.594. The molecule has 0 atom stereocenters. The summed E-state index contributed by atoms with van der Waals surface area (Å²) in [6.07, 6.45) is 0. The summed E-state index contributed by atoms with van der Waals surface area (Å²) in [5.41, 5.74) is 1.56. The lowest BCUT2D eigenvalue weighted by Crippen LogP contribution is -2.28. The monoisotopic (exact) mass is 338 g/mol. The van der Waals surface area contributed by atoms with E-state index < -0.39 is 0 Å². The number of nitrogens with one attached hydrogen (secondary N) is 2. The van der Waals surface area contributed by atoms with Crippen LogP contribution >= 0.6 is 23.2 Å². The van der Waals surface area contributed by atoms with Crippen molar-refractivity contribution in [3.63, 3.8) is 0 Å². The third-order valence-electron chi connectivity index (χ3n) is 2.86. The Morgan fingerprint density at radius 2 is 1.86 bits per heavy atom. The molecule has 6 heteroatoms. The molecule has 0 aliphatic carbocycles. The molecule has 0 spiro atoms. The summed E-state index contributed by atoms with van der Waals surface area (Å²) < 4.78 is 5.34. The molecule has 2 aromatic rings. The summed E-state index contributed by atoms with van der Waals surface area (Å²) >= 11 is 11.9. The maximum atomic E-state index is 11.9. The van der Waals surface area contributed by atoms with Gasteiger partial charge in [0.15, 0.2) is 0 Å². The largest absolute Gasteiger partial charge is 0.492 e. The molecule has 116 valence electrons. The van der Waals surface area contributed by atoms with Gasteiger partial charge in [0.05, 0.1) is 11.6 Å². The third kappa shape index (κ3) is 4.83. The van der Waals surface area contributed by atoms with E-state index in [1.165, 1.54) is 0 Å². The van der Waals surface area contributed by atoms with Gasteiger partial charge in [-0.1, -0.05) is 35.3 Å². The average Bonchev–Trinajstić information content (AvgIpc) is 2.50. The van der Waals surface area contributed by atoms with Crippen molar-refractivity contribution in [3.05, 3.63) is 58.1 Å². The summed E-state index contributed by atoms with van der Waals surface area (Å²) in [5, 5.41) is 6.60. The first-order valence-electron chi connectivity index (χ1n) is 6.80. The Kier molecular flexibility index (Phi) is 5.92. The molecule has 0 bridgehead atoms. The number of hydrogen-bond donors (Lipinski definition) is 2. The van der Waals surface area contributed by atoms with Gasteiger partial charge >= 0.3 is 6.03 Å². The molecule has 2 aromatic carbocycles. The minimum atomic E-state index is -0.310. The number of urea groups is 1. The van der Waals surface area contributed by atoms with Crippen LogP contribution in [0.5, 0.6) is 5.75 Å². The molecule has 0 aromatic heterocycles. The van der Waals surface area contributed by atoms with Gasteiger partial charge in [0.1, 0.15) is 5.75 Å². The lowest BCUT2D eigenvalue weighted by Gasteiger charge is -2.10. The van der Waals surface area contributed by atoms with Gasteiger partial charge in [-0.15, -0.1) is 0 Å². The normalized spacial score (nSPS) is 10.1. The van der Waals surface area contributed by atoms with E-state index in [1.54, 1.807) is 30.3 Å². The van der Waals surface area contributed by atoms with Crippen LogP contribution < -0.4 is 15.4 Å². The second-order valence-electron chi connectivity index (χ2n) is 4.51. The first-order valence-corrected chi connectivity index (χ1v) is 7.55. The Balaban J connectivity index is 1.89. The number of benzene rings is 2. The molecule has 2 amide bonds. The number of halogens is 2. The predicted molar refractivity (Wildman–Crippen MR) is 89.9 cm³/mol. The van der Waals surface area contributed by atoms with Crippen LogP contribution in [-0.4, -0.2) is 12.6 Å². The van der Waals surface area contributed by atoms with Gasteiger partial charge in [0.2, 0.25) is 0 Å². The van der Waals surface area contributed by atoms with Crippen molar-refractivity contribution >= 4 is 34.9 Å². The van der Waals surface area contributed by atoms with E-state index in [2.05, 4.69) is 10.6 Å². The predicted octanol–water partition coefficient (Wildman–Crippen LogP) is 4.71. The average molecular weight is 339 g/mol. The Bertz CT molecular complexity index is 645. The van der Waals surface area contributed by atoms with Gasteiger partial charge in [0.25, 0.3) is 0 Å². The number of anilines is 1. The molecule has 0 fully saturated rings. The standard InChI is InChI=1S/C16H16Cl2N2O2/c1-2-22-15-8-7-13(9-14(15)18)20-16(21)19-10-11-3-5-12(17)6-4-11/h3-9H,2,10H2,1H3,(H2,19,20,21). The third-order valence-corrected chi connectivity index (χ3v) is 3.40. The molecule has 0 radical (unpaired) electrons.